The summed E-state index contributed by atoms with van der Waals surface area (Å²) >= 11 is 5.26. The van der Waals surface area contributed by atoms with Gasteiger partial charge in [0.05, 0.1) is 31.1 Å². The Hall–Kier alpha value is -1.35. The van der Waals surface area contributed by atoms with Gasteiger partial charge in [0.1, 0.15) is 6.33 Å². The molecule has 2 heterocycles. The van der Waals surface area contributed by atoms with E-state index in [1.807, 2.05) is 44.2 Å². The van der Waals surface area contributed by atoms with Gasteiger partial charge in [0.2, 0.25) is 0 Å². The number of unbranched alkanes of at least 4 members (excludes halogenated alkanes) is 10. The lowest BCUT2D eigenvalue weighted by Gasteiger charge is -2.35. The highest BCUT2D eigenvalue weighted by Crippen LogP contribution is 2.48. The Kier molecular flexibility index (Phi) is 18.7. The summed E-state index contributed by atoms with van der Waals surface area (Å²) in [5, 5.41) is 4.21. The van der Waals surface area contributed by atoms with E-state index in [0.29, 0.717) is 25.4 Å². The van der Waals surface area contributed by atoms with Gasteiger partial charge >= 0.3 is 12.7 Å². The van der Waals surface area contributed by atoms with Crippen LogP contribution in [0.2, 0.25) is 0 Å². The van der Waals surface area contributed by atoms with Crippen molar-refractivity contribution in [2.24, 2.45) is 0 Å². The van der Waals surface area contributed by atoms with E-state index in [1.54, 1.807) is 11.0 Å². The molecule has 0 spiro atoms. The van der Waals surface area contributed by atoms with Crippen molar-refractivity contribution in [2.75, 3.05) is 32.8 Å². The van der Waals surface area contributed by atoms with Crippen molar-refractivity contribution in [3.63, 3.8) is 0 Å². The zero-order valence-electron chi connectivity index (χ0n) is 26.2. The molecule has 1 aromatic heterocycles. The van der Waals surface area contributed by atoms with Gasteiger partial charge in [-0.15, -0.1) is 5.10 Å². The molecule has 1 saturated heterocycles. The molecule has 2 unspecified atom stereocenters. The first-order valence-corrected chi connectivity index (χ1v) is 18.4. The largest absolute Gasteiger partial charge is 0.388 e. The van der Waals surface area contributed by atoms with Crippen molar-refractivity contribution in [2.45, 2.75) is 117 Å². The molecule has 0 saturated carbocycles. The molecule has 1 aliphatic heterocycles. The van der Waals surface area contributed by atoms with Gasteiger partial charge in [-0.3, -0.25) is 13.9 Å². The maximum absolute atomic E-state index is 5.78. The maximum Gasteiger partial charge on any atom is 0.382 e. The van der Waals surface area contributed by atoms with Crippen LogP contribution in [0.25, 0.3) is 5.69 Å². The van der Waals surface area contributed by atoms with Gasteiger partial charge in [-0.05, 0) is 52.8 Å². The molecule has 8 nitrogen and oxygen atoms in total. The monoisotopic (exact) mass is 610 g/mol. The fourth-order valence-electron chi connectivity index (χ4n) is 4.97. The van der Waals surface area contributed by atoms with E-state index >= 15 is 0 Å². The topological polar surface area (TPSA) is 70.9 Å². The summed E-state index contributed by atoms with van der Waals surface area (Å²) in [5.74, 6) is 0. The van der Waals surface area contributed by atoms with Crippen molar-refractivity contribution in [1.29, 1.82) is 0 Å². The second kappa shape index (κ2) is 21.4. The second-order valence-corrected chi connectivity index (χ2v) is 13.7. The number of hydrogen-bond donors (Lipinski definition) is 0. The minimum atomic E-state index is -2.82. The fourth-order valence-corrected chi connectivity index (χ4v) is 6.90. The van der Waals surface area contributed by atoms with Crippen LogP contribution in [0.4, 0.5) is 0 Å². The first-order valence-electron chi connectivity index (χ1n) is 15.8. The summed E-state index contributed by atoms with van der Waals surface area (Å²) in [6.07, 6.45) is 18.1. The van der Waals surface area contributed by atoms with Crippen molar-refractivity contribution < 1.29 is 18.3 Å². The lowest BCUT2D eigenvalue weighted by Crippen LogP contribution is -2.45. The second-order valence-electron chi connectivity index (χ2n) is 10.7. The van der Waals surface area contributed by atoms with Gasteiger partial charge in [0, 0.05) is 24.9 Å². The van der Waals surface area contributed by atoms with Gasteiger partial charge in [0.25, 0.3) is 0 Å². The lowest BCUT2D eigenvalue weighted by atomic mass is 10.1. The summed E-state index contributed by atoms with van der Waals surface area (Å²) in [6, 6.07) is 9.75. The molecule has 10 heteroatoms. The summed E-state index contributed by atoms with van der Waals surface area (Å²) in [6.45, 7) is 11.9. The van der Waals surface area contributed by atoms with Crippen LogP contribution in [0, 0.1) is 0 Å². The van der Waals surface area contributed by atoms with E-state index in [1.165, 1.54) is 77.2 Å². The summed E-state index contributed by atoms with van der Waals surface area (Å²) in [4.78, 5) is 6.66. The van der Waals surface area contributed by atoms with Crippen molar-refractivity contribution in [3.05, 3.63) is 36.7 Å². The van der Waals surface area contributed by atoms with Crippen LogP contribution in [-0.4, -0.2) is 64.7 Å². The highest BCUT2D eigenvalue weighted by molar-refractivity contribution is 8.07. The fraction of sp³-hybridized carbons (Fsp3) is 0.742. The average molecular weight is 611 g/mol. The van der Waals surface area contributed by atoms with Gasteiger partial charge in [-0.1, -0.05) is 89.3 Å². The number of aromatic nitrogens is 3. The van der Waals surface area contributed by atoms with Crippen LogP contribution >= 0.6 is 6.72 Å². The predicted octanol–water partition coefficient (Wildman–Crippen LogP) is 8.35. The summed E-state index contributed by atoms with van der Waals surface area (Å²) in [7, 11) is 0. The smallest absolute Gasteiger partial charge is 0.382 e. The SMILES string of the molecule is CCCCCCCCCCCCCN1CC(C)OC(C)C1.CCOP(=S)(OCC)Oc1ncn(-c2ccccc2)n1. The number of nitrogens with zero attached hydrogens (tertiary/aromatic N) is 4. The molecule has 234 valence electrons. The molecule has 1 fully saturated rings. The molecule has 41 heavy (non-hydrogen) atoms. The van der Waals surface area contributed by atoms with Crippen LogP contribution < -0.4 is 4.52 Å². The van der Waals surface area contributed by atoms with Gasteiger partial charge < -0.3 is 9.26 Å². The zero-order chi connectivity index (χ0) is 29.8. The molecule has 0 amide bonds. The number of para-hydroxylation sites is 1. The third-order valence-electron chi connectivity index (χ3n) is 6.83. The Balaban J connectivity index is 0.000000287. The Bertz CT molecular complexity index is 945. The predicted molar refractivity (Wildman–Crippen MR) is 172 cm³/mol. The standard InChI is InChI=1S/C19H39NO.C12H16N3O3PS/c1-4-5-6-7-8-9-10-11-12-13-14-15-20-16-18(2)21-19(3)17-20;1-3-16-19(20,17-4-2)18-12-13-10-15(14-12)11-8-6-5-7-9-11/h18-19H,4-17H2,1-3H3;5-10H,3-4H2,1-2H3. The maximum atomic E-state index is 5.78. The highest BCUT2D eigenvalue weighted by Gasteiger charge is 2.23. The molecule has 3 rings (SSSR count). The first-order chi connectivity index (χ1) is 19.9. The van der Waals surface area contributed by atoms with Crippen molar-refractivity contribution >= 4 is 18.5 Å². The van der Waals surface area contributed by atoms with Crippen LogP contribution in [0.5, 0.6) is 6.01 Å². The van der Waals surface area contributed by atoms with Gasteiger partial charge in [-0.2, -0.15) is 4.98 Å². The summed E-state index contributed by atoms with van der Waals surface area (Å²) in [5.41, 5.74) is 0.885. The molecule has 0 aliphatic carbocycles. The lowest BCUT2D eigenvalue weighted by molar-refractivity contribution is -0.0681. The van der Waals surface area contributed by atoms with Crippen LogP contribution in [0.1, 0.15) is 105 Å². The molecular formula is C31H55N4O4PS. The molecule has 0 N–H and O–H groups in total. The number of benzene rings is 1. The van der Waals surface area contributed by atoms with E-state index in [9.17, 15) is 0 Å². The van der Waals surface area contributed by atoms with E-state index in [-0.39, 0.29) is 6.01 Å². The highest BCUT2D eigenvalue weighted by atomic mass is 32.5. The van der Waals surface area contributed by atoms with Gasteiger partial charge in [0.15, 0.2) is 0 Å². The molecule has 0 radical (unpaired) electrons. The van der Waals surface area contributed by atoms with E-state index in [2.05, 4.69) is 35.8 Å². The number of rotatable bonds is 19. The molecule has 1 aromatic carbocycles. The van der Waals surface area contributed by atoms with E-state index in [4.69, 9.17) is 30.1 Å². The van der Waals surface area contributed by atoms with Crippen LogP contribution in [0.15, 0.2) is 36.7 Å². The van der Waals surface area contributed by atoms with E-state index in [0.717, 1.165) is 18.8 Å². The van der Waals surface area contributed by atoms with Crippen LogP contribution in [-0.2, 0) is 25.6 Å². The molecule has 0 bridgehead atoms. The third kappa shape index (κ3) is 15.6. The first kappa shape index (κ1) is 35.8. The number of morpholine rings is 1. The van der Waals surface area contributed by atoms with Crippen molar-refractivity contribution in [1.82, 2.24) is 19.7 Å². The molecule has 1 aliphatic rings. The van der Waals surface area contributed by atoms with Gasteiger partial charge in [-0.25, -0.2) is 4.68 Å². The normalized spacial score (nSPS) is 17.7. The Labute approximate surface area is 254 Å². The van der Waals surface area contributed by atoms with Crippen molar-refractivity contribution in [3.8, 4) is 11.7 Å². The molecule has 2 atom stereocenters. The minimum absolute atomic E-state index is 0.152. The molecular weight excluding hydrogens is 555 g/mol. The quantitative estimate of drug-likeness (QED) is 0.116. The zero-order valence-corrected chi connectivity index (χ0v) is 27.9. The Morgan fingerprint density at radius 2 is 1.37 bits per heavy atom. The number of ether oxygens (including phenoxy) is 1. The average Bonchev–Trinajstić information content (AvgIpc) is 3.40. The third-order valence-corrected chi connectivity index (χ3v) is 9.22. The Morgan fingerprint density at radius 1 is 0.829 bits per heavy atom. The van der Waals surface area contributed by atoms with E-state index < -0.39 is 6.72 Å². The number of hydrogen-bond acceptors (Lipinski definition) is 8. The van der Waals surface area contributed by atoms with Crippen LogP contribution in [0.3, 0.4) is 0 Å². The summed E-state index contributed by atoms with van der Waals surface area (Å²) < 4.78 is 23.7. The minimum Gasteiger partial charge on any atom is -0.388 e. The Morgan fingerprint density at radius 3 is 1.90 bits per heavy atom. The molecule has 2 aromatic rings.